The van der Waals surface area contributed by atoms with Crippen LogP contribution in [0.3, 0.4) is 0 Å². The Morgan fingerprint density at radius 3 is 2.10 bits per heavy atom. The van der Waals surface area contributed by atoms with Gasteiger partial charge in [-0.3, -0.25) is 4.90 Å². The molecule has 2 rings (SSSR count). The van der Waals surface area contributed by atoms with Gasteiger partial charge in [0.2, 0.25) is 0 Å². The smallest absolute Gasteiger partial charge is 0.0198 e. The van der Waals surface area contributed by atoms with Crippen LogP contribution < -0.4 is 5.32 Å². The van der Waals surface area contributed by atoms with Gasteiger partial charge in [-0.2, -0.15) is 0 Å². The van der Waals surface area contributed by atoms with Gasteiger partial charge in [-0.1, -0.05) is 41.5 Å². The van der Waals surface area contributed by atoms with E-state index in [1.165, 1.54) is 38.8 Å². The minimum atomic E-state index is 0.390. The summed E-state index contributed by atoms with van der Waals surface area (Å²) in [6, 6.07) is 1.62. The molecule has 2 fully saturated rings. The standard InChI is InChI=1S/C18H36N2/c1-17(2,3)10-14-9-15(19-13-18(4,5)6)12-20(11-14)16-7-8-16/h14-16,19H,7-13H2,1-6H3. The molecule has 20 heavy (non-hydrogen) atoms. The molecule has 1 N–H and O–H groups in total. The Hall–Kier alpha value is -0.0800. The normalized spacial score (nSPS) is 29.7. The Kier molecular flexibility index (Phi) is 4.86. The lowest BCUT2D eigenvalue weighted by Gasteiger charge is -2.41. The lowest BCUT2D eigenvalue weighted by Crippen LogP contribution is -2.51. The molecule has 1 aliphatic heterocycles. The van der Waals surface area contributed by atoms with Crippen LogP contribution in [-0.2, 0) is 0 Å². The molecule has 0 bridgehead atoms. The summed E-state index contributed by atoms with van der Waals surface area (Å²) >= 11 is 0. The first-order valence-electron chi connectivity index (χ1n) is 8.60. The van der Waals surface area contributed by atoms with Crippen molar-refractivity contribution in [2.24, 2.45) is 16.7 Å². The van der Waals surface area contributed by atoms with Gasteiger partial charge >= 0.3 is 0 Å². The fraction of sp³-hybridized carbons (Fsp3) is 1.00. The maximum atomic E-state index is 3.85. The van der Waals surface area contributed by atoms with Crippen molar-refractivity contribution >= 4 is 0 Å². The van der Waals surface area contributed by atoms with E-state index < -0.39 is 0 Å². The first kappa shape index (κ1) is 16.3. The van der Waals surface area contributed by atoms with E-state index in [2.05, 4.69) is 51.8 Å². The Labute approximate surface area is 126 Å². The molecule has 2 nitrogen and oxygen atoms in total. The highest BCUT2D eigenvalue weighted by Gasteiger charge is 2.37. The Balaban J connectivity index is 1.90. The van der Waals surface area contributed by atoms with E-state index in [1.54, 1.807) is 0 Å². The zero-order valence-corrected chi connectivity index (χ0v) is 14.6. The predicted octanol–water partition coefficient (Wildman–Crippen LogP) is 3.91. The Morgan fingerprint density at radius 2 is 1.60 bits per heavy atom. The van der Waals surface area contributed by atoms with Crippen LogP contribution in [0, 0.1) is 16.7 Å². The van der Waals surface area contributed by atoms with E-state index in [1.807, 2.05) is 0 Å². The number of nitrogens with one attached hydrogen (secondary N) is 1. The number of piperidine rings is 1. The molecule has 2 unspecified atom stereocenters. The zero-order chi connectivity index (χ0) is 15.0. The van der Waals surface area contributed by atoms with Crippen molar-refractivity contribution in [1.82, 2.24) is 10.2 Å². The van der Waals surface area contributed by atoms with Gasteiger partial charge in [0.25, 0.3) is 0 Å². The molecular weight excluding hydrogens is 244 g/mol. The number of nitrogens with zero attached hydrogens (tertiary/aromatic N) is 1. The summed E-state index contributed by atoms with van der Waals surface area (Å²) in [6.07, 6.45) is 5.61. The van der Waals surface area contributed by atoms with Gasteiger partial charge in [0.05, 0.1) is 0 Å². The third-order valence-electron chi connectivity index (χ3n) is 4.45. The van der Waals surface area contributed by atoms with Crippen LogP contribution in [0.5, 0.6) is 0 Å². The third-order valence-corrected chi connectivity index (χ3v) is 4.45. The molecular formula is C18H36N2. The van der Waals surface area contributed by atoms with Gasteiger partial charge in [0.15, 0.2) is 0 Å². The van der Waals surface area contributed by atoms with Crippen LogP contribution in [0.1, 0.15) is 67.2 Å². The monoisotopic (exact) mass is 280 g/mol. The summed E-state index contributed by atoms with van der Waals surface area (Å²) in [5.74, 6) is 0.877. The summed E-state index contributed by atoms with van der Waals surface area (Å²) in [5.41, 5.74) is 0.854. The molecule has 1 saturated heterocycles. The van der Waals surface area contributed by atoms with Gasteiger partial charge in [-0.25, -0.2) is 0 Å². The SMILES string of the molecule is CC(C)(C)CNC1CC(CC(C)(C)C)CN(C2CC2)C1. The van der Waals surface area contributed by atoms with Crippen LogP contribution in [0.15, 0.2) is 0 Å². The second kappa shape index (κ2) is 5.96. The van der Waals surface area contributed by atoms with E-state index in [0.29, 0.717) is 16.9 Å². The Bertz CT molecular complexity index is 306. The molecule has 2 heteroatoms. The number of hydrogen-bond acceptors (Lipinski definition) is 2. The van der Waals surface area contributed by atoms with E-state index in [0.717, 1.165) is 18.5 Å². The topological polar surface area (TPSA) is 15.3 Å². The molecule has 0 aromatic heterocycles. The van der Waals surface area contributed by atoms with Gasteiger partial charge < -0.3 is 5.32 Å². The first-order chi connectivity index (χ1) is 9.12. The summed E-state index contributed by atoms with van der Waals surface area (Å²) in [7, 11) is 0. The highest BCUT2D eigenvalue weighted by molar-refractivity contribution is 4.93. The lowest BCUT2D eigenvalue weighted by atomic mass is 9.80. The number of rotatable bonds is 4. The minimum Gasteiger partial charge on any atom is -0.312 e. The van der Waals surface area contributed by atoms with Crippen LogP contribution in [0.25, 0.3) is 0 Å². The Morgan fingerprint density at radius 1 is 0.950 bits per heavy atom. The van der Waals surface area contributed by atoms with Crippen molar-refractivity contribution in [3.05, 3.63) is 0 Å². The molecule has 1 aliphatic carbocycles. The van der Waals surface area contributed by atoms with Gasteiger partial charge in [-0.05, 0) is 42.4 Å². The molecule has 1 heterocycles. The fourth-order valence-corrected chi connectivity index (χ4v) is 3.59. The molecule has 2 aliphatic rings. The number of hydrogen-bond donors (Lipinski definition) is 1. The molecule has 0 spiro atoms. The van der Waals surface area contributed by atoms with E-state index in [4.69, 9.17) is 0 Å². The van der Waals surface area contributed by atoms with Gasteiger partial charge in [-0.15, -0.1) is 0 Å². The van der Waals surface area contributed by atoms with Gasteiger partial charge in [0, 0.05) is 31.7 Å². The largest absolute Gasteiger partial charge is 0.312 e. The van der Waals surface area contributed by atoms with Crippen LogP contribution in [-0.4, -0.2) is 36.6 Å². The van der Waals surface area contributed by atoms with Crippen LogP contribution in [0.2, 0.25) is 0 Å². The lowest BCUT2D eigenvalue weighted by molar-refractivity contribution is 0.104. The van der Waals surface area contributed by atoms with E-state index in [9.17, 15) is 0 Å². The van der Waals surface area contributed by atoms with Crippen molar-refractivity contribution in [1.29, 1.82) is 0 Å². The molecule has 0 aromatic carbocycles. The van der Waals surface area contributed by atoms with Crippen molar-refractivity contribution < 1.29 is 0 Å². The quantitative estimate of drug-likeness (QED) is 0.840. The highest BCUT2D eigenvalue weighted by atomic mass is 15.2. The molecule has 0 aromatic rings. The zero-order valence-electron chi connectivity index (χ0n) is 14.6. The average molecular weight is 280 g/mol. The van der Waals surface area contributed by atoms with Crippen LogP contribution >= 0.6 is 0 Å². The van der Waals surface area contributed by atoms with Crippen LogP contribution in [0.4, 0.5) is 0 Å². The summed E-state index contributed by atoms with van der Waals surface area (Å²) in [6.45, 7) is 17.9. The minimum absolute atomic E-state index is 0.390. The van der Waals surface area contributed by atoms with Crippen molar-refractivity contribution in [3.8, 4) is 0 Å². The molecule has 1 saturated carbocycles. The molecule has 2 atom stereocenters. The summed E-state index contributed by atoms with van der Waals surface area (Å²) in [4.78, 5) is 2.78. The van der Waals surface area contributed by atoms with Crippen molar-refractivity contribution in [2.75, 3.05) is 19.6 Å². The second-order valence-corrected chi connectivity index (χ2v) is 9.69. The molecule has 118 valence electrons. The third kappa shape index (κ3) is 5.73. The number of likely N-dealkylation sites (tertiary alicyclic amines) is 1. The maximum absolute atomic E-state index is 3.85. The molecule has 0 radical (unpaired) electrons. The summed E-state index contributed by atoms with van der Waals surface area (Å²) in [5, 5.41) is 3.85. The summed E-state index contributed by atoms with van der Waals surface area (Å²) < 4.78 is 0. The predicted molar refractivity (Wildman–Crippen MR) is 88.0 cm³/mol. The van der Waals surface area contributed by atoms with E-state index in [-0.39, 0.29) is 0 Å². The molecule has 0 amide bonds. The second-order valence-electron chi connectivity index (χ2n) is 9.69. The van der Waals surface area contributed by atoms with Crippen molar-refractivity contribution in [3.63, 3.8) is 0 Å². The van der Waals surface area contributed by atoms with E-state index >= 15 is 0 Å². The van der Waals surface area contributed by atoms with Gasteiger partial charge in [0.1, 0.15) is 0 Å². The first-order valence-corrected chi connectivity index (χ1v) is 8.60. The maximum Gasteiger partial charge on any atom is 0.0198 e. The van der Waals surface area contributed by atoms with Crippen molar-refractivity contribution in [2.45, 2.75) is 79.3 Å². The highest BCUT2D eigenvalue weighted by Crippen LogP contribution is 2.35. The average Bonchev–Trinajstić information content (AvgIpc) is 3.06. The fourth-order valence-electron chi connectivity index (χ4n) is 3.59.